The summed E-state index contributed by atoms with van der Waals surface area (Å²) in [4.78, 5) is 5.88. The first-order valence-electron chi connectivity index (χ1n) is 8.11. The van der Waals surface area contributed by atoms with Crippen molar-refractivity contribution in [3.8, 4) is 0 Å². The van der Waals surface area contributed by atoms with Gasteiger partial charge in [0.1, 0.15) is 0 Å². The van der Waals surface area contributed by atoms with E-state index in [2.05, 4.69) is 52.6 Å². The van der Waals surface area contributed by atoms with Crippen molar-refractivity contribution >= 4 is 10.9 Å². The first kappa shape index (κ1) is 12.8. The zero-order valence-corrected chi connectivity index (χ0v) is 12.4. The van der Waals surface area contributed by atoms with E-state index in [0.717, 1.165) is 13.0 Å². The van der Waals surface area contributed by atoms with Crippen LogP contribution in [0.5, 0.6) is 0 Å². The Kier molecular flexibility index (Phi) is 3.30. The normalized spacial score (nSPS) is 18.4. The molecule has 1 aromatic carbocycles. The Balaban J connectivity index is 1.52. The Hall–Kier alpha value is -1.96. The molecule has 1 aliphatic heterocycles. The highest BCUT2D eigenvalue weighted by atomic mass is 15.1. The molecule has 0 bridgehead atoms. The molecular formula is C19H22N2. The number of para-hydroxylation sites is 1. The van der Waals surface area contributed by atoms with E-state index in [9.17, 15) is 0 Å². The first-order valence-corrected chi connectivity index (χ1v) is 8.11. The second-order valence-electron chi connectivity index (χ2n) is 6.15. The molecule has 4 rings (SSSR count). The van der Waals surface area contributed by atoms with E-state index >= 15 is 0 Å². The van der Waals surface area contributed by atoms with Crippen molar-refractivity contribution in [3.05, 3.63) is 59.6 Å². The maximum absolute atomic E-state index is 3.38. The van der Waals surface area contributed by atoms with Gasteiger partial charge in [-0.2, -0.15) is 0 Å². The van der Waals surface area contributed by atoms with Crippen LogP contribution in [0.15, 0.2) is 54.0 Å². The number of H-pyrrole nitrogens is 1. The smallest absolute Gasteiger partial charge is 0.0456 e. The molecule has 0 saturated carbocycles. The molecule has 21 heavy (non-hydrogen) atoms. The van der Waals surface area contributed by atoms with Gasteiger partial charge in [0.15, 0.2) is 0 Å². The fourth-order valence-corrected chi connectivity index (χ4v) is 3.72. The third kappa shape index (κ3) is 2.39. The highest BCUT2D eigenvalue weighted by molar-refractivity contribution is 5.83. The molecule has 0 atom stereocenters. The number of hydrogen-bond acceptors (Lipinski definition) is 1. The molecule has 2 heteroatoms. The van der Waals surface area contributed by atoms with E-state index in [-0.39, 0.29) is 0 Å². The van der Waals surface area contributed by atoms with Gasteiger partial charge in [0.05, 0.1) is 0 Å². The molecule has 0 unspecified atom stereocenters. The van der Waals surface area contributed by atoms with Crippen molar-refractivity contribution in [2.45, 2.75) is 38.5 Å². The Morgan fingerprint density at radius 2 is 2.00 bits per heavy atom. The predicted octanol–water partition coefficient (Wildman–Crippen LogP) is 4.76. The molecule has 2 aliphatic rings. The summed E-state index contributed by atoms with van der Waals surface area (Å²) in [5.74, 6) is 0. The number of benzene rings is 1. The van der Waals surface area contributed by atoms with Crippen molar-refractivity contribution < 1.29 is 0 Å². The second kappa shape index (κ2) is 5.44. The lowest BCUT2D eigenvalue weighted by molar-refractivity contribution is 0.409. The standard InChI is InChI=1S/C19H22N2/c1-4-10-19-15(6-1)7-5-12-21(19)13-11-16-14-20-18-9-3-2-8-17(16)18/h2-3,5,8-9,12,14,20H,1,4,6-7,10-11,13H2. The lowest BCUT2D eigenvalue weighted by Crippen LogP contribution is -2.25. The molecule has 1 N–H and O–H groups in total. The van der Waals surface area contributed by atoms with Crippen LogP contribution in [0, 0.1) is 0 Å². The largest absolute Gasteiger partial charge is 0.361 e. The minimum Gasteiger partial charge on any atom is -0.361 e. The van der Waals surface area contributed by atoms with Gasteiger partial charge >= 0.3 is 0 Å². The van der Waals surface area contributed by atoms with Gasteiger partial charge in [-0.05, 0) is 55.7 Å². The van der Waals surface area contributed by atoms with Gasteiger partial charge in [-0.15, -0.1) is 0 Å². The van der Waals surface area contributed by atoms with Crippen molar-refractivity contribution in [2.75, 3.05) is 6.54 Å². The second-order valence-corrected chi connectivity index (χ2v) is 6.15. The average Bonchev–Trinajstić information content (AvgIpc) is 2.96. The zero-order chi connectivity index (χ0) is 14.1. The molecule has 0 amide bonds. The van der Waals surface area contributed by atoms with Crippen LogP contribution >= 0.6 is 0 Å². The van der Waals surface area contributed by atoms with Gasteiger partial charge in [-0.25, -0.2) is 0 Å². The summed E-state index contributed by atoms with van der Waals surface area (Å²) in [5.41, 5.74) is 5.98. The van der Waals surface area contributed by atoms with Crippen molar-refractivity contribution in [3.63, 3.8) is 0 Å². The summed E-state index contributed by atoms with van der Waals surface area (Å²) in [6.07, 6.45) is 14.4. The van der Waals surface area contributed by atoms with Gasteiger partial charge in [0.2, 0.25) is 0 Å². The number of rotatable bonds is 3. The minimum absolute atomic E-state index is 1.09. The third-order valence-electron chi connectivity index (χ3n) is 4.84. The molecule has 0 radical (unpaired) electrons. The van der Waals surface area contributed by atoms with Crippen molar-refractivity contribution in [2.24, 2.45) is 0 Å². The van der Waals surface area contributed by atoms with E-state index in [4.69, 9.17) is 0 Å². The number of aromatic nitrogens is 1. The SMILES string of the molecule is C1=CN(CCc2c[nH]c3ccccc23)C2=C(C1)CCCC2. The molecule has 2 aromatic rings. The van der Waals surface area contributed by atoms with Gasteiger partial charge in [-0.3, -0.25) is 0 Å². The molecule has 0 fully saturated rings. The van der Waals surface area contributed by atoms with E-state index in [1.165, 1.54) is 48.6 Å². The van der Waals surface area contributed by atoms with Crippen molar-refractivity contribution in [1.82, 2.24) is 9.88 Å². The molecule has 0 spiro atoms. The van der Waals surface area contributed by atoms with Crippen LogP contribution in [-0.2, 0) is 6.42 Å². The van der Waals surface area contributed by atoms with Gasteiger partial charge in [-0.1, -0.05) is 24.3 Å². The number of aromatic amines is 1. The molecule has 1 aliphatic carbocycles. The number of nitrogens with one attached hydrogen (secondary N) is 1. The fourth-order valence-electron chi connectivity index (χ4n) is 3.72. The maximum atomic E-state index is 3.38. The van der Waals surface area contributed by atoms with Crippen LogP contribution in [-0.4, -0.2) is 16.4 Å². The number of fused-ring (bicyclic) bond motifs is 1. The Morgan fingerprint density at radius 3 is 3.00 bits per heavy atom. The summed E-state index contributed by atoms with van der Waals surface area (Å²) in [6.45, 7) is 1.09. The summed E-state index contributed by atoms with van der Waals surface area (Å²) < 4.78 is 0. The maximum Gasteiger partial charge on any atom is 0.0456 e. The molecule has 0 saturated heterocycles. The lowest BCUT2D eigenvalue weighted by atomic mass is 9.91. The summed E-state index contributed by atoms with van der Waals surface area (Å²) in [6, 6.07) is 8.59. The van der Waals surface area contributed by atoms with Crippen LogP contribution in [0.2, 0.25) is 0 Å². The number of nitrogens with zero attached hydrogens (tertiary/aromatic N) is 1. The summed E-state index contributed by atoms with van der Waals surface area (Å²) in [5, 5.41) is 1.37. The highest BCUT2D eigenvalue weighted by Gasteiger charge is 2.19. The minimum atomic E-state index is 1.09. The fraction of sp³-hybridized carbons (Fsp3) is 0.368. The molecule has 2 nitrogen and oxygen atoms in total. The summed E-state index contributed by atoms with van der Waals surface area (Å²) in [7, 11) is 0. The zero-order valence-electron chi connectivity index (χ0n) is 12.4. The topological polar surface area (TPSA) is 19.0 Å². The molecule has 108 valence electrons. The summed E-state index contributed by atoms with van der Waals surface area (Å²) >= 11 is 0. The Morgan fingerprint density at radius 1 is 1.10 bits per heavy atom. The van der Waals surface area contributed by atoms with Crippen LogP contribution in [0.3, 0.4) is 0 Å². The van der Waals surface area contributed by atoms with Gasteiger partial charge in [0, 0.05) is 35.5 Å². The Bertz CT molecular complexity index is 705. The quantitative estimate of drug-likeness (QED) is 0.857. The van der Waals surface area contributed by atoms with E-state index in [1.807, 2.05) is 0 Å². The van der Waals surface area contributed by atoms with Crippen LogP contribution < -0.4 is 0 Å². The highest BCUT2D eigenvalue weighted by Crippen LogP contribution is 2.33. The number of allylic oxidation sites excluding steroid dienone is 3. The molecule has 2 heterocycles. The monoisotopic (exact) mass is 278 g/mol. The molecule has 1 aromatic heterocycles. The van der Waals surface area contributed by atoms with E-state index in [1.54, 1.807) is 11.3 Å². The van der Waals surface area contributed by atoms with Crippen LogP contribution in [0.25, 0.3) is 10.9 Å². The van der Waals surface area contributed by atoms with E-state index in [0.29, 0.717) is 0 Å². The molecular weight excluding hydrogens is 256 g/mol. The predicted molar refractivity (Wildman–Crippen MR) is 88.0 cm³/mol. The van der Waals surface area contributed by atoms with E-state index < -0.39 is 0 Å². The van der Waals surface area contributed by atoms with Crippen molar-refractivity contribution in [1.29, 1.82) is 0 Å². The lowest BCUT2D eigenvalue weighted by Gasteiger charge is -2.32. The first-order chi connectivity index (χ1) is 10.4. The van der Waals surface area contributed by atoms with Gasteiger partial charge < -0.3 is 9.88 Å². The number of hydrogen-bond donors (Lipinski definition) is 1. The Labute approximate surface area is 126 Å². The third-order valence-corrected chi connectivity index (χ3v) is 4.84. The van der Waals surface area contributed by atoms with Crippen LogP contribution in [0.4, 0.5) is 0 Å². The van der Waals surface area contributed by atoms with Gasteiger partial charge in [0.25, 0.3) is 0 Å². The average molecular weight is 278 g/mol. The van der Waals surface area contributed by atoms with Crippen LogP contribution in [0.1, 0.15) is 37.7 Å².